The predicted molar refractivity (Wildman–Crippen MR) is 99.1 cm³/mol. The van der Waals surface area contributed by atoms with Gasteiger partial charge < -0.3 is 19.9 Å². The van der Waals surface area contributed by atoms with Gasteiger partial charge in [0.15, 0.2) is 5.82 Å². The molecule has 0 radical (unpaired) electrons. The van der Waals surface area contributed by atoms with E-state index in [1.54, 1.807) is 56.3 Å². The van der Waals surface area contributed by atoms with Crippen LogP contribution in [0.15, 0.2) is 53.2 Å². The molecule has 0 atom stereocenters. The quantitative estimate of drug-likeness (QED) is 0.643. The molecule has 2 heterocycles. The Morgan fingerprint density at radius 1 is 1.19 bits per heavy atom. The van der Waals surface area contributed by atoms with Crippen LogP contribution in [0.25, 0.3) is 0 Å². The first kappa shape index (κ1) is 18.1. The smallest absolute Gasteiger partial charge is 0.340 e. The average molecular weight is 366 g/mol. The number of ether oxygens (including phenoxy) is 1. The van der Waals surface area contributed by atoms with E-state index in [2.05, 4.69) is 20.8 Å². The summed E-state index contributed by atoms with van der Waals surface area (Å²) in [5, 5.41) is 9.41. The molecule has 0 spiro atoms. The Hall–Kier alpha value is -3.68. The van der Waals surface area contributed by atoms with Crippen molar-refractivity contribution in [2.45, 2.75) is 13.8 Å². The summed E-state index contributed by atoms with van der Waals surface area (Å²) in [5.74, 6) is 0.108. The summed E-state index contributed by atoms with van der Waals surface area (Å²) in [5.41, 5.74) is 1.86. The van der Waals surface area contributed by atoms with Gasteiger partial charge in [0.2, 0.25) is 0 Å². The zero-order chi connectivity index (χ0) is 19.2. The molecule has 2 N–H and O–H groups in total. The molecule has 138 valence electrons. The third-order valence-corrected chi connectivity index (χ3v) is 3.57. The Labute approximate surface area is 155 Å². The van der Waals surface area contributed by atoms with Gasteiger partial charge in [0.05, 0.1) is 29.7 Å². The molecule has 0 aliphatic carbocycles. The van der Waals surface area contributed by atoms with Crippen molar-refractivity contribution in [3.8, 4) is 0 Å². The minimum atomic E-state index is -0.410. The second-order valence-corrected chi connectivity index (χ2v) is 5.60. The molecule has 0 saturated heterocycles. The monoisotopic (exact) mass is 366 g/mol. The molecular formula is C19H18N4O4. The van der Waals surface area contributed by atoms with Gasteiger partial charge in [-0.2, -0.15) is 0 Å². The van der Waals surface area contributed by atoms with E-state index in [-0.39, 0.29) is 5.69 Å². The van der Waals surface area contributed by atoms with Gasteiger partial charge in [-0.05, 0) is 38.1 Å². The van der Waals surface area contributed by atoms with Crippen LogP contribution in [-0.2, 0) is 4.74 Å². The van der Waals surface area contributed by atoms with E-state index in [0.717, 1.165) is 0 Å². The van der Waals surface area contributed by atoms with Crippen LogP contribution in [0.5, 0.6) is 0 Å². The number of amides is 1. The van der Waals surface area contributed by atoms with Crippen molar-refractivity contribution in [2.75, 3.05) is 17.2 Å². The first-order valence-electron chi connectivity index (χ1n) is 8.30. The Balaban J connectivity index is 1.71. The van der Waals surface area contributed by atoms with Gasteiger partial charge in [-0.15, -0.1) is 0 Å². The van der Waals surface area contributed by atoms with Crippen LogP contribution in [0.2, 0.25) is 0 Å². The maximum absolute atomic E-state index is 12.2. The minimum Gasteiger partial charge on any atom is -0.462 e. The number of para-hydroxylation sites is 1. The highest BCUT2D eigenvalue weighted by Crippen LogP contribution is 2.21. The first-order valence-corrected chi connectivity index (χ1v) is 8.30. The molecule has 1 aromatic carbocycles. The first-order chi connectivity index (χ1) is 13.1. The molecular weight excluding hydrogens is 348 g/mol. The van der Waals surface area contributed by atoms with Crippen molar-refractivity contribution in [1.29, 1.82) is 0 Å². The van der Waals surface area contributed by atoms with Crippen LogP contribution < -0.4 is 10.6 Å². The fourth-order valence-electron chi connectivity index (χ4n) is 2.34. The molecule has 0 unspecified atom stereocenters. The molecule has 0 aliphatic heterocycles. The Bertz CT molecular complexity index is 950. The molecule has 3 aromatic rings. The molecule has 3 rings (SSSR count). The average Bonchev–Trinajstić information content (AvgIpc) is 3.07. The number of benzene rings is 1. The molecule has 0 bridgehead atoms. The van der Waals surface area contributed by atoms with Gasteiger partial charge in [0.25, 0.3) is 5.91 Å². The van der Waals surface area contributed by atoms with Gasteiger partial charge in [0, 0.05) is 6.07 Å². The van der Waals surface area contributed by atoms with Crippen molar-refractivity contribution in [3.63, 3.8) is 0 Å². The van der Waals surface area contributed by atoms with Crippen LogP contribution in [0.4, 0.5) is 17.2 Å². The van der Waals surface area contributed by atoms with Gasteiger partial charge in [-0.3, -0.25) is 4.79 Å². The highest BCUT2D eigenvalue weighted by molar-refractivity contribution is 6.02. The number of rotatable bonds is 6. The molecule has 0 aliphatic rings. The lowest BCUT2D eigenvalue weighted by Gasteiger charge is -2.11. The van der Waals surface area contributed by atoms with Crippen LogP contribution in [0, 0.1) is 6.92 Å². The fraction of sp³-hybridized carbons (Fsp3) is 0.158. The predicted octanol–water partition coefficient (Wildman–Crippen LogP) is 3.55. The zero-order valence-corrected chi connectivity index (χ0v) is 14.9. The standard InChI is InChI=1S/C19H18N4O4/c1-3-26-19(25)14-6-4-5-7-15(14)21-13-8-9-16(20-11-13)18(24)22-17-10-12(2)27-23-17/h4-11,21H,3H2,1-2H3,(H,22,23,24). The lowest BCUT2D eigenvalue weighted by molar-refractivity contribution is 0.0527. The topological polar surface area (TPSA) is 106 Å². The Morgan fingerprint density at radius 3 is 2.67 bits per heavy atom. The number of aromatic nitrogens is 2. The third kappa shape index (κ3) is 4.49. The molecule has 1 amide bonds. The lowest BCUT2D eigenvalue weighted by Crippen LogP contribution is -2.14. The van der Waals surface area contributed by atoms with Gasteiger partial charge in [-0.1, -0.05) is 17.3 Å². The van der Waals surface area contributed by atoms with Crippen molar-refractivity contribution < 1.29 is 18.8 Å². The van der Waals surface area contributed by atoms with Crippen molar-refractivity contribution in [3.05, 3.63) is 65.7 Å². The maximum Gasteiger partial charge on any atom is 0.340 e. The van der Waals surface area contributed by atoms with Crippen LogP contribution >= 0.6 is 0 Å². The number of anilines is 3. The van der Waals surface area contributed by atoms with E-state index in [1.165, 1.54) is 6.20 Å². The van der Waals surface area contributed by atoms with Crippen molar-refractivity contribution >= 4 is 29.1 Å². The number of pyridine rings is 1. The summed E-state index contributed by atoms with van der Waals surface area (Å²) in [7, 11) is 0. The molecule has 0 fully saturated rings. The second kappa shape index (κ2) is 8.13. The van der Waals surface area contributed by atoms with Gasteiger partial charge in [0.1, 0.15) is 11.5 Å². The molecule has 8 heteroatoms. The number of nitrogens with one attached hydrogen (secondary N) is 2. The van der Waals surface area contributed by atoms with E-state index in [0.29, 0.717) is 35.1 Å². The number of hydrogen-bond acceptors (Lipinski definition) is 7. The summed E-state index contributed by atoms with van der Waals surface area (Å²) < 4.78 is 9.96. The number of hydrogen-bond donors (Lipinski definition) is 2. The van der Waals surface area contributed by atoms with E-state index in [4.69, 9.17) is 9.26 Å². The summed E-state index contributed by atoms with van der Waals surface area (Å²) in [4.78, 5) is 28.3. The second-order valence-electron chi connectivity index (χ2n) is 5.60. The number of aryl methyl sites for hydroxylation is 1. The van der Waals surface area contributed by atoms with Gasteiger partial charge >= 0.3 is 5.97 Å². The summed E-state index contributed by atoms with van der Waals surface area (Å²) in [6, 6.07) is 11.9. The SMILES string of the molecule is CCOC(=O)c1ccccc1Nc1ccc(C(=O)Nc2cc(C)on2)nc1. The van der Waals surface area contributed by atoms with E-state index in [1.807, 2.05) is 0 Å². The van der Waals surface area contributed by atoms with Gasteiger partial charge in [-0.25, -0.2) is 9.78 Å². The van der Waals surface area contributed by atoms with Crippen LogP contribution in [0.1, 0.15) is 33.5 Å². The van der Waals surface area contributed by atoms with Crippen molar-refractivity contribution in [2.24, 2.45) is 0 Å². The van der Waals surface area contributed by atoms with E-state index < -0.39 is 11.9 Å². The minimum absolute atomic E-state index is 0.222. The Kier molecular flexibility index (Phi) is 5.46. The highest BCUT2D eigenvalue weighted by atomic mass is 16.5. The number of carbonyl (C=O) groups excluding carboxylic acids is 2. The molecule has 2 aromatic heterocycles. The largest absolute Gasteiger partial charge is 0.462 e. The summed E-state index contributed by atoms with van der Waals surface area (Å²) in [6.07, 6.45) is 1.50. The van der Waals surface area contributed by atoms with Crippen LogP contribution in [-0.4, -0.2) is 28.6 Å². The van der Waals surface area contributed by atoms with Crippen LogP contribution in [0.3, 0.4) is 0 Å². The maximum atomic E-state index is 12.2. The highest BCUT2D eigenvalue weighted by Gasteiger charge is 2.13. The van der Waals surface area contributed by atoms with Crippen molar-refractivity contribution in [1.82, 2.24) is 10.1 Å². The number of nitrogens with zero attached hydrogens (tertiary/aromatic N) is 2. The lowest BCUT2D eigenvalue weighted by atomic mass is 10.1. The Morgan fingerprint density at radius 2 is 2.00 bits per heavy atom. The number of carbonyl (C=O) groups is 2. The number of esters is 1. The zero-order valence-electron chi connectivity index (χ0n) is 14.9. The summed E-state index contributed by atoms with van der Waals surface area (Å²) in [6.45, 7) is 3.78. The molecule has 0 saturated carbocycles. The molecule has 8 nitrogen and oxygen atoms in total. The summed E-state index contributed by atoms with van der Waals surface area (Å²) >= 11 is 0. The van der Waals surface area contributed by atoms with E-state index >= 15 is 0 Å². The van der Waals surface area contributed by atoms with E-state index in [9.17, 15) is 9.59 Å². The fourth-order valence-corrected chi connectivity index (χ4v) is 2.34. The third-order valence-electron chi connectivity index (χ3n) is 3.57. The molecule has 27 heavy (non-hydrogen) atoms. The normalized spacial score (nSPS) is 10.3.